The van der Waals surface area contributed by atoms with E-state index in [4.69, 9.17) is 11.6 Å². The fraction of sp³-hybridized carbons (Fsp3) is 0.450. The average Bonchev–Trinajstić information content (AvgIpc) is 3.26. The topological polar surface area (TPSA) is 70.5 Å². The molecule has 154 valence electrons. The van der Waals surface area contributed by atoms with E-state index in [1.807, 2.05) is 11.6 Å². The largest absolute Gasteiger partial charge is 0.322 e. The summed E-state index contributed by atoms with van der Waals surface area (Å²) >= 11 is 5.81. The number of urea groups is 1. The third kappa shape index (κ3) is 3.69. The molecule has 1 aromatic heterocycles. The fourth-order valence-corrected chi connectivity index (χ4v) is 4.12. The summed E-state index contributed by atoms with van der Waals surface area (Å²) in [5.74, 6) is -0.0865. The van der Waals surface area contributed by atoms with Gasteiger partial charge < -0.3 is 15.1 Å². The molecule has 2 atom stereocenters. The molecule has 0 aliphatic carbocycles. The number of amides is 3. The van der Waals surface area contributed by atoms with Gasteiger partial charge in [-0.1, -0.05) is 24.9 Å². The molecule has 2 aliphatic heterocycles. The third-order valence-corrected chi connectivity index (χ3v) is 6.01. The number of nitrogens with zero attached hydrogens (tertiary/aromatic N) is 4. The van der Waals surface area contributed by atoms with Gasteiger partial charge in [-0.25, -0.2) is 9.18 Å². The highest BCUT2D eigenvalue weighted by Crippen LogP contribution is 2.32. The standard InChI is InChI=1S/C20H23ClFN5O2/c1-3-13-6-19(28)26(10-13)17-8-23-27-9-12(2)25(11-18(17)27)20(29)24-14-4-5-16(22)15(21)7-14/h4-5,7-8,12-13H,3,6,9-11H2,1-2H3,(H,24,29). The first kappa shape index (κ1) is 19.7. The zero-order valence-electron chi connectivity index (χ0n) is 16.4. The second kappa shape index (κ2) is 7.67. The van der Waals surface area contributed by atoms with Crippen molar-refractivity contribution in [3.05, 3.63) is 40.9 Å². The number of hydrogen-bond acceptors (Lipinski definition) is 3. The Balaban J connectivity index is 1.54. The van der Waals surface area contributed by atoms with Crippen molar-refractivity contribution in [3.63, 3.8) is 0 Å². The number of rotatable bonds is 3. The number of hydrogen-bond donors (Lipinski definition) is 1. The lowest BCUT2D eigenvalue weighted by molar-refractivity contribution is -0.117. The molecule has 2 aliphatic rings. The second-order valence-electron chi connectivity index (χ2n) is 7.68. The van der Waals surface area contributed by atoms with Crippen LogP contribution in [-0.4, -0.2) is 39.2 Å². The van der Waals surface area contributed by atoms with Crippen LogP contribution in [0.4, 0.5) is 20.6 Å². The molecular weight excluding hydrogens is 397 g/mol. The highest BCUT2D eigenvalue weighted by atomic mass is 35.5. The van der Waals surface area contributed by atoms with Crippen LogP contribution in [0, 0.1) is 11.7 Å². The Bertz CT molecular complexity index is 962. The van der Waals surface area contributed by atoms with Crippen LogP contribution in [0.25, 0.3) is 0 Å². The van der Waals surface area contributed by atoms with Gasteiger partial charge in [-0.15, -0.1) is 0 Å². The Morgan fingerprint density at radius 3 is 2.86 bits per heavy atom. The summed E-state index contributed by atoms with van der Waals surface area (Å²) in [7, 11) is 0. The normalized spacial score (nSPS) is 21.4. The van der Waals surface area contributed by atoms with Crippen molar-refractivity contribution >= 4 is 34.9 Å². The first-order chi connectivity index (χ1) is 13.9. The molecule has 1 fully saturated rings. The van der Waals surface area contributed by atoms with E-state index in [0.717, 1.165) is 17.8 Å². The molecule has 0 bridgehead atoms. The number of benzene rings is 1. The summed E-state index contributed by atoms with van der Waals surface area (Å²) in [5.41, 5.74) is 2.05. The van der Waals surface area contributed by atoms with Crippen molar-refractivity contribution in [2.45, 2.75) is 45.8 Å². The predicted molar refractivity (Wildman–Crippen MR) is 108 cm³/mol. The summed E-state index contributed by atoms with van der Waals surface area (Å²) in [6, 6.07) is 3.67. The molecule has 0 spiro atoms. The summed E-state index contributed by atoms with van der Waals surface area (Å²) in [6.07, 6.45) is 3.23. The van der Waals surface area contributed by atoms with Crippen LogP contribution in [-0.2, 0) is 17.9 Å². The number of carbonyl (C=O) groups is 2. The maximum atomic E-state index is 13.4. The molecule has 1 aromatic carbocycles. The minimum absolute atomic E-state index is 0.0483. The minimum atomic E-state index is -0.537. The summed E-state index contributed by atoms with van der Waals surface area (Å²) in [5, 5.41) is 7.17. The lowest BCUT2D eigenvalue weighted by atomic mass is 10.1. The number of fused-ring (bicyclic) bond motifs is 1. The SMILES string of the molecule is CCC1CC(=O)N(c2cnn3c2CN(C(=O)Nc2ccc(F)c(Cl)c2)C(C)C3)C1. The van der Waals surface area contributed by atoms with E-state index < -0.39 is 5.82 Å². The molecule has 9 heteroatoms. The van der Waals surface area contributed by atoms with Crippen LogP contribution in [0.2, 0.25) is 5.02 Å². The van der Waals surface area contributed by atoms with Crippen molar-refractivity contribution < 1.29 is 14.0 Å². The summed E-state index contributed by atoms with van der Waals surface area (Å²) < 4.78 is 15.2. The van der Waals surface area contributed by atoms with E-state index in [1.165, 1.54) is 18.2 Å². The average molecular weight is 420 g/mol. The highest BCUT2D eigenvalue weighted by molar-refractivity contribution is 6.31. The van der Waals surface area contributed by atoms with Gasteiger partial charge in [0.05, 0.1) is 41.7 Å². The number of aromatic nitrogens is 2. The summed E-state index contributed by atoms with van der Waals surface area (Å²) in [4.78, 5) is 28.8. The van der Waals surface area contributed by atoms with Crippen molar-refractivity contribution in [1.29, 1.82) is 0 Å². The Morgan fingerprint density at radius 1 is 1.38 bits per heavy atom. The van der Waals surface area contributed by atoms with Crippen molar-refractivity contribution in [1.82, 2.24) is 14.7 Å². The molecule has 0 saturated carbocycles. The van der Waals surface area contributed by atoms with Gasteiger partial charge in [0.2, 0.25) is 5.91 Å². The number of halogens is 2. The first-order valence-electron chi connectivity index (χ1n) is 9.75. The Labute approximate surface area is 173 Å². The summed E-state index contributed by atoms with van der Waals surface area (Å²) in [6.45, 7) is 5.58. The van der Waals surface area contributed by atoms with Crippen LogP contribution in [0.15, 0.2) is 24.4 Å². The van der Waals surface area contributed by atoms with Crippen LogP contribution >= 0.6 is 11.6 Å². The van der Waals surface area contributed by atoms with E-state index in [9.17, 15) is 14.0 Å². The van der Waals surface area contributed by atoms with E-state index >= 15 is 0 Å². The first-order valence-corrected chi connectivity index (χ1v) is 10.1. The Kier molecular flexibility index (Phi) is 5.21. The molecule has 1 saturated heterocycles. The van der Waals surface area contributed by atoms with Crippen LogP contribution in [0.3, 0.4) is 0 Å². The number of nitrogens with one attached hydrogen (secondary N) is 1. The monoisotopic (exact) mass is 419 g/mol. The number of carbonyl (C=O) groups excluding carboxylic acids is 2. The molecule has 3 heterocycles. The van der Waals surface area contributed by atoms with Gasteiger partial charge in [-0.3, -0.25) is 9.48 Å². The van der Waals surface area contributed by atoms with E-state index in [1.54, 1.807) is 16.0 Å². The molecule has 4 rings (SSSR count). The van der Waals surface area contributed by atoms with Crippen LogP contribution in [0.1, 0.15) is 32.4 Å². The Morgan fingerprint density at radius 2 is 2.17 bits per heavy atom. The van der Waals surface area contributed by atoms with Gasteiger partial charge in [0.15, 0.2) is 0 Å². The van der Waals surface area contributed by atoms with Gasteiger partial charge in [-0.05, 0) is 31.0 Å². The van der Waals surface area contributed by atoms with Crippen molar-refractivity contribution in [2.75, 3.05) is 16.8 Å². The number of anilines is 2. The fourth-order valence-electron chi connectivity index (χ4n) is 3.94. The third-order valence-electron chi connectivity index (χ3n) is 5.72. The van der Waals surface area contributed by atoms with Gasteiger partial charge in [-0.2, -0.15) is 5.10 Å². The smallest absolute Gasteiger partial charge is 0.314 e. The molecule has 29 heavy (non-hydrogen) atoms. The molecule has 0 radical (unpaired) electrons. The second-order valence-corrected chi connectivity index (χ2v) is 8.08. The van der Waals surface area contributed by atoms with Gasteiger partial charge in [0, 0.05) is 18.7 Å². The lowest BCUT2D eigenvalue weighted by Gasteiger charge is -2.35. The molecule has 2 unspecified atom stereocenters. The van der Waals surface area contributed by atoms with Gasteiger partial charge in [0.25, 0.3) is 0 Å². The molecule has 3 amide bonds. The van der Waals surface area contributed by atoms with E-state index in [-0.39, 0.29) is 23.0 Å². The molecular formula is C20H23ClFN5O2. The van der Waals surface area contributed by atoms with Gasteiger partial charge in [0.1, 0.15) is 5.82 Å². The maximum absolute atomic E-state index is 13.4. The van der Waals surface area contributed by atoms with Crippen molar-refractivity contribution in [3.8, 4) is 0 Å². The van der Waals surface area contributed by atoms with E-state index in [0.29, 0.717) is 37.7 Å². The molecule has 2 aromatic rings. The van der Waals surface area contributed by atoms with Crippen molar-refractivity contribution in [2.24, 2.45) is 5.92 Å². The Hall–Kier alpha value is -2.61. The highest BCUT2D eigenvalue weighted by Gasteiger charge is 2.35. The maximum Gasteiger partial charge on any atom is 0.322 e. The zero-order valence-corrected chi connectivity index (χ0v) is 17.1. The molecule has 7 nitrogen and oxygen atoms in total. The quantitative estimate of drug-likeness (QED) is 0.820. The lowest BCUT2D eigenvalue weighted by Crippen LogP contribution is -2.47. The van der Waals surface area contributed by atoms with Crippen LogP contribution in [0.5, 0.6) is 0 Å². The molecule has 1 N–H and O–H groups in total. The van der Waals surface area contributed by atoms with E-state index in [2.05, 4.69) is 17.3 Å². The zero-order chi connectivity index (χ0) is 20.7. The van der Waals surface area contributed by atoms with Crippen LogP contribution < -0.4 is 10.2 Å². The van der Waals surface area contributed by atoms with Gasteiger partial charge >= 0.3 is 6.03 Å². The predicted octanol–water partition coefficient (Wildman–Crippen LogP) is 3.87. The minimum Gasteiger partial charge on any atom is -0.314 e.